The Morgan fingerprint density at radius 1 is 1.07 bits per heavy atom. The molecule has 0 N–H and O–H groups in total. The van der Waals surface area contributed by atoms with E-state index in [4.69, 9.17) is 0 Å². The monoisotopic (exact) mass is 391 g/mol. The number of likely N-dealkylation sites (N-methyl/N-ethyl adjacent to an activating group) is 2. The van der Waals surface area contributed by atoms with E-state index in [0.717, 1.165) is 23.1 Å². The van der Waals surface area contributed by atoms with E-state index in [2.05, 4.69) is 11.9 Å². The van der Waals surface area contributed by atoms with Crippen molar-refractivity contribution >= 4 is 28.3 Å². The summed E-state index contributed by atoms with van der Waals surface area (Å²) in [6.07, 6.45) is 1.93. The molecule has 0 aliphatic carbocycles. The summed E-state index contributed by atoms with van der Waals surface area (Å²) in [4.78, 5) is 35.7. The van der Waals surface area contributed by atoms with Crippen LogP contribution in [0.3, 0.4) is 0 Å². The van der Waals surface area contributed by atoms with Crippen LogP contribution in [-0.2, 0) is 6.54 Å². The maximum atomic E-state index is 12.7. The second-order valence-electron chi connectivity index (χ2n) is 6.86. The molecule has 7 nitrogen and oxygen atoms in total. The van der Waals surface area contributed by atoms with Gasteiger partial charge in [-0.25, -0.2) is 4.98 Å². The van der Waals surface area contributed by atoms with Gasteiger partial charge in [0.25, 0.3) is 11.8 Å². The summed E-state index contributed by atoms with van der Waals surface area (Å²) < 4.78 is 2.05. The third-order valence-corrected chi connectivity index (χ3v) is 5.95. The first-order valence-corrected chi connectivity index (χ1v) is 9.80. The van der Waals surface area contributed by atoms with Crippen molar-refractivity contribution < 1.29 is 9.59 Å². The predicted molar refractivity (Wildman–Crippen MR) is 110 cm³/mol. The summed E-state index contributed by atoms with van der Waals surface area (Å²) in [5, 5.41) is 0.812. The lowest BCUT2D eigenvalue weighted by Gasteiger charge is -2.22. The first kappa shape index (κ1) is 21.0. The number of hydrogen-bond acceptors (Lipinski definition) is 5. The van der Waals surface area contributed by atoms with Gasteiger partial charge < -0.3 is 19.3 Å². The summed E-state index contributed by atoms with van der Waals surface area (Å²) >= 11 is 1.39. The zero-order valence-electron chi connectivity index (χ0n) is 17.2. The first-order chi connectivity index (χ1) is 12.7. The van der Waals surface area contributed by atoms with Crippen molar-refractivity contribution in [2.24, 2.45) is 0 Å². The van der Waals surface area contributed by atoms with Gasteiger partial charge in [0.15, 0.2) is 5.13 Å². The van der Waals surface area contributed by atoms with Gasteiger partial charge in [-0.1, -0.05) is 11.3 Å². The van der Waals surface area contributed by atoms with Crippen LogP contribution < -0.4 is 4.90 Å². The maximum Gasteiger partial charge on any atom is 0.265 e. The standard InChI is InChI=1S/C19H29N5O2S/c1-8-24-10-9-15(14(24)3)17(25)22(6)11-12-23(7)18(26)16-13(2)20-19(27-16)21(4)5/h9-10H,8,11-12H2,1-7H3. The summed E-state index contributed by atoms with van der Waals surface area (Å²) in [7, 11) is 7.34. The van der Waals surface area contributed by atoms with Gasteiger partial charge in [-0.3, -0.25) is 9.59 Å². The SMILES string of the molecule is CCn1ccc(C(=O)N(C)CCN(C)C(=O)c2sc(N(C)C)nc2C)c1C. The Balaban J connectivity index is 1.99. The van der Waals surface area contributed by atoms with Crippen molar-refractivity contribution in [3.8, 4) is 0 Å². The molecule has 0 aromatic carbocycles. The number of carbonyl (C=O) groups is 2. The van der Waals surface area contributed by atoms with Crippen LogP contribution in [0.1, 0.15) is 38.3 Å². The van der Waals surface area contributed by atoms with Gasteiger partial charge in [0.05, 0.1) is 11.3 Å². The van der Waals surface area contributed by atoms with Crippen molar-refractivity contribution in [2.75, 3.05) is 46.2 Å². The molecule has 2 aromatic rings. The van der Waals surface area contributed by atoms with Crippen LogP contribution in [0.25, 0.3) is 0 Å². The highest BCUT2D eigenvalue weighted by Crippen LogP contribution is 2.25. The van der Waals surface area contributed by atoms with Crippen LogP contribution >= 0.6 is 11.3 Å². The zero-order chi connectivity index (χ0) is 20.3. The molecule has 2 rings (SSSR count). The number of thiazole rings is 1. The molecule has 0 unspecified atom stereocenters. The van der Waals surface area contributed by atoms with Crippen LogP contribution in [0, 0.1) is 13.8 Å². The normalized spacial score (nSPS) is 10.8. The van der Waals surface area contributed by atoms with Crippen molar-refractivity contribution in [1.82, 2.24) is 19.4 Å². The molecule has 148 valence electrons. The number of anilines is 1. The van der Waals surface area contributed by atoms with Crippen LogP contribution in [0.2, 0.25) is 0 Å². The Morgan fingerprint density at radius 2 is 1.67 bits per heavy atom. The minimum Gasteiger partial charge on any atom is -0.354 e. The Bertz CT molecular complexity index is 824. The Kier molecular flexibility index (Phi) is 6.64. The van der Waals surface area contributed by atoms with Crippen molar-refractivity contribution in [3.63, 3.8) is 0 Å². The highest BCUT2D eigenvalue weighted by molar-refractivity contribution is 7.17. The number of aryl methyl sites for hydroxylation is 2. The predicted octanol–water partition coefficient (Wildman–Crippen LogP) is 2.49. The molecule has 2 aromatic heterocycles. The summed E-state index contributed by atoms with van der Waals surface area (Å²) in [6.45, 7) is 7.62. The molecular weight excluding hydrogens is 362 g/mol. The molecule has 2 amide bonds. The van der Waals surface area contributed by atoms with E-state index in [1.807, 2.05) is 49.7 Å². The third kappa shape index (κ3) is 4.50. The van der Waals surface area contributed by atoms with Crippen LogP contribution in [0.15, 0.2) is 12.3 Å². The quantitative estimate of drug-likeness (QED) is 0.728. The van der Waals surface area contributed by atoms with Gasteiger partial charge in [-0.05, 0) is 26.8 Å². The molecule has 0 aliphatic heterocycles. The average Bonchev–Trinajstić information content (AvgIpc) is 3.20. The zero-order valence-corrected chi connectivity index (χ0v) is 18.1. The van der Waals surface area contributed by atoms with Crippen LogP contribution in [0.5, 0.6) is 0 Å². The van der Waals surface area contributed by atoms with Crippen LogP contribution in [0.4, 0.5) is 5.13 Å². The van der Waals surface area contributed by atoms with E-state index >= 15 is 0 Å². The second kappa shape index (κ2) is 8.56. The fourth-order valence-electron chi connectivity index (χ4n) is 2.77. The van der Waals surface area contributed by atoms with E-state index in [0.29, 0.717) is 23.5 Å². The van der Waals surface area contributed by atoms with Crippen molar-refractivity contribution in [3.05, 3.63) is 34.1 Å². The van der Waals surface area contributed by atoms with Crippen LogP contribution in [-0.4, -0.2) is 72.4 Å². The Hall–Kier alpha value is -2.35. The molecule has 27 heavy (non-hydrogen) atoms. The number of amides is 2. The van der Waals surface area contributed by atoms with Gasteiger partial charge in [-0.2, -0.15) is 0 Å². The number of aromatic nitrogens is 2. The lowest BCUT2D eigenvalue weighted by Crippen LogP contribution is -2.37. The minimum atomic E-state index is -0.0627. The highest BCUT2D eigenvalue weighted by Gasteiger charge is 2.21. The number of hydrogen-bond donors (Lipinski definition) is 0. The highest BCUT2D eigenvalue weighted by atomic mass is 32.1. The largest absolute Gasteiger partial charge is 0.354 e. The lowest BCUT2D eigenvalue weighted by atomic mass is 10.2. The van der Waals surface area contributed by atoms with E-state index in [1.165, 1.54) is 11.3 Å². The molecule has 0 saturated heterocycles. The summed E-state index contributed by atoms with van der Waals surface area (Å²) in [6, 6.07) is 1.86. The molecular formula is C19H29N5O2S. The van der Waals surface area contributed by atoms with Crippen molar-refractivity contribution in [2.45, 2.75) is 27.3 Å². The summed E-state index contributed by atoms with van der Waals surface area (Å²) in [5.74, 6) is -0.0864. The topological polar surface area (TPSA) is 61.7 Å². The van der Waals surface area contributed by atoms with E-state index in [-0.39, 0.29) is 11.8 Å². The van der Waals surface area contributed by atoms with E-state index < -0.39 is 0 Å². The smallest absolute Gasteiger partial charge is 0.265 e. The number of rotatable bonds is 7. The van der Waals surface area contributed by atoms with Gasteiger partial charge in [-0.15, -0.1) is 0 Å². The average molecular weight is 392 g/mol. The van der Waals surface area contributed by atoms with Gasteiger partial charge >= 0.3 is 0 Å². The lowest BCUT2D eigenvalue weighted by molar-refractivity contribution is 0.0720. The molecule has 0 saturated carbocycles. The summed E-state index contributed by atoms with van der Waals surface area (Å²) in [5.41, 5.74) is 2.42. The molecule has 0 atom stereocenters. The fourth-order valence-corrected chi connectivity index (χ4v) is 3.76. The molecule has 8 heteroatoms. The Labute approximate surface area is 165 Å². The molecule has 2 heterocycles. The third-order valence-electron chi connectivity index (χ3n) is 4.64. The van der Waals surface area contributed by atoms with E-state index in [9.17, 15) is 9.59 Å². The number of carbonyl (C=O) groups excluding carboxylic acids is 2. The van der Waals surface area contributed by atoms with E-state index in [1.54, 1.807) is 23.9 Å². The van der Waals surface area contributed by atoms with Crippen molar-refractivity contribution in [1.29, 1.82) is 0 Å². The molecule has 0 aliphatic rings. The van der Waals surface area contributed by atoms with Gasteiger partial charge in [0.2, 0.25) is 0 Å². The minimum absolute atomic E-state index is 0.0237. The Morgan fingerprint density at radius 3 is 2.15 bits per heavy atom. The van der Waals surface area contributed by atoms with Gasteiger partial charge in [0.1, 0.15) is 4.88 Å². The van der Waals surface area contributed by atoms with Gasteiger partial charge in [0, 0.05) is 59.7 Å². The fraction of sp³-hybridized carbons (Fsp3) is 0.526. The second-order valence-corrected chi connectivity index (χ2v) is 7.84. The molecule has 0 fully saturated rings. The maximum absolute atomic E-state index is 12.7. The number of nitrogens with zero attached hydrogens (tertiary/aromatic N) is 5. The first-order valence-electron chi connectivity index (χ1n) is 8.98. The molecule has 0 bridgehead atoms. The molecule has 0 radical (unpaired) electrons. The molecule has 0 spiro atoms.